The van der Waals surface area contributed by atoms with E-state index < -0.39 is 10.0 Å². The van der Waals surface area contributed by atoms with E-state index in [1.807, 2.05) is 19.1 Å². The topological polar surface area (TPSA) is 72.6 Å². The summed E-state index contributed by atoms with van der Waals surface area (Å²) < 4.78 is 39.5. The number of piperidine rings is 1. The van der Waals surface area contributed by atoms with Crippen molar-refractivity contribution in [2.45, 2.75) is 50.0 Å². The van der Waals surface area contributed by atoms with E-state index in [0.29, 0.717) is 29.6 Å². The molecule has 2 fully saturated rings. The number of nitrogens with zero attached hydrogens (tertiary/aromatic N) is 2. The van der Waals surface area contributed by atoms with Gasteiger partial charge in [-0.2, -0.15) is 4.31 Å². The van der Waals surface area contributed by atoms with Crippen LogP contribution in [0.4, 0.5) is 0 Å². The van der Waals surface area contributed by atoms with E-state index in [9.17, 15) is 8.42 Å². The molecule has 0 saturated carbocycles. The number of aryl methyl sites for hydroxylation is 2. The first-order valence-electron chi connectivity index (χ1n) is 9.07. The fourth-order valence-corrected chi connectivity index (χ4v) is 5.64. The highest BCUT2D eigenvalue weighted by Gasteiger charge is 2.41. The zero-order valence-corrected chi connectivity index (χ0v) is 16.0. The maximum Gasteiger partial charge on any atom is 0.243 e. The summed E-state index contributed by atoms with van der Waals surface area (Å²) in [7, 11) is -3.55. The largest absolute Gasteiger partial charge is 0.441 e. The summed E-state index contributed by atoms with van der Waals surface area (Å²) in [6.07, 6.45) is 5.28. The number of hydrogen-bond donors (Lipinski definition) is 0. The third kappa shape index (κ3) is 3.08. The second-order valence-electron chi connectivity index (χ2n) is 7.26. The molecule has 0 unspecified atom stereocenters. The smallest absolute Gasteiger partial charge is 0.243 e. The zero-order chi connectivity index (χ0) is 18.4. The van der Waals surface area contributed by atoms with Crippen LogP contribution >= 0.6 is 0 Å². The molecule has 0 amide bonds. The SMILES string of the molecule is Cc1ncc(-c2ccc(C)c(S(=O)(=O)N3CCC4(CCCO4)CC3)c2)o1. The molecule has 140 valence electrons. The van der Waals surface area contributed by atoms with Crippen molar-refractivity contribution in [3.8, 4) is 11.3 Å². The predicted molar refractivity (Wildman–Crippen MR) is 97.3 cm³/mol. The minimum absolute atomic E-state index is 0.0969. The first-order chi connectivity index (χ1) is 12.4. The first kappa shape index (κ1) is 17.7. The molecule has 1 aromatic carbocycles. The number of aromatic nitrogens is 1. The highest BCUT2D eigenvalue weighted by Crippen LogP contribution is 2.37. The minimum Gasteiger partial charge on any atom is -0.441 e. The van der Waals surface area contributed by atoms with Gasteiger partial charge < -0.3 is 9.15 Å². The van der Waals surface area contributed by atoms with Gasteiger partial charge >= 0.3 is 0 Å². The van der Waals surface area contributed by atoms with Gasteiger partial charge in [0.2, 0.25) is 10.0 Å². The van der Waals surface area contributed by atoms with E-state index in [4.69, 9.17) is 9.15 Å². The standard InChI is InChI=1S/C19H24N2O4S/c1-14-4-5-16(17-13-20-15(2)25-17)12-18(14)26(22,23)21-9-7-19(8-10-21)6-3-11-24-19/h4-5,12-13H,3,6-11H2,1-2H3. The normalized spacial score (nSPS) is 20.7. The summed E-state index contributed by atoms with van der Waals surface area (Å²) in [6.45, 7) is 5.41. The highest BCUT2D eigenvalue weighted by molar-refractivity contribution is 7.89. The van der Waals surface area contributed by atoms with E-state index in [2.05, 4.69) is 4.98 Å². The Morgan fingerprint density at radius 3 is 2.54 bits per heavy atom. The fourth-order valence-electron chi connectivity index (χ4n) is 3.95. The second-order valence-corrected chi connectivity index (χ2v) is 9.17. The van der Waals surface area contributed by atoms with Crippen LogP contribution in [0, 0.1) is 13.8 Å². The van der Waals surface area contributed by atoms with Crippen LogP contribution < -0.4 is 0 Å². The molecular formula is C19H24N2O4S. The number of benzene rings is 1. The van der Waals surface area contributed by atoms with Crippen LogP contribution in [0.3, 0.4) is 0 Å². The lowest BCUT2D eigenvalue weighted by Gasteiger charge is -2.38. The molecule has 0 atom stereocenters. The second kappa shape index (κ2) is 6.48. The monoisotopic (exact) mass is 376 g/mol. The molecule has 0 N–H and O–H groups in total. The van der Waals surface area contributed by atoms with Crippen molar-refractivity contribution in [2.24, 2.45) is 0 Å². The van der Waals surface area contributed by atoms with E-state index in [1.54, 1.807) is 23.5 Å². The molecule has 3 heterocycles. The van der Waals surface area contributed by atoms with Gasteiger partial charge in [0.05, 0.1) is 16.7 Å². The van der Waals surface area contributed by atoms with Gasteiger partial charge in [-0.05, 0) is 44.2 Å². The molecule has 2 aliphatic rings. The van der Waals surface area contributed by atoms with Crippen molar-refractivity contribution in [1.82, 2.24) is 9.29 Å². The van der Waals surface area contributed by atoms with Gasteiger partial charge in [-0.25, -0.2) is 13.4 Å². The van der Waals surface area contributed by atoms with Crippen molar-refractivity contribution >= 4 is 10.0 Å². The summed E-state index contributed by atoms with van der Waals surface area (Å²) in [5, 5.41) is 0. The first-order valence-corrected chi connectivity index (χ1v) is 10.5. The predicted octanol–water partition coefficient (Wildman–Crippen LogP) is 3.29. The summed E-state index contributed by atoms with van der Waals surface area (Å²) >= 11 is 0. The Hall–Kier alpha value is -1.70. The number of oxazole rings is 1. The lowest BCUT2D eigenvalue weighted by atomic mass is 9.90. The lowest BCUT2D eigenvalue weighted by molar-refractivity contribution is -0.0309. The van der Waals surface area contributed by atoms with Gasteiger partial charge in [-0.3, -0.25) is 0 Å². The number of sulfonamides is 1. The van der Waals surface area contributed by atoms with E-state index in [1.165, 1.54) is 0 Å². The molecule has 26 heavy (non-hydrogen) atoms. The molecule has 2 aliphatic heterocycles. The van der Waals surface area contributed by atoms with Crippen LogP contribution in [0.5, 0.6) is 0 Å². The van der Waals surface area contributed by atoms with Crippen molar-refractivity contribution in [3.05, 3.63) is 35.9 Å². The van der Waals surface area contributed by atoms with Crippen LogP contribution in [0.25, 0.3) is 11.3 Å². The zero-order valence-electron chi connectivity index (χ0n) is 15.2. The Kier molecular flexibility index (Phi) is 4.41. The molecule has 7 heteroatoms. The summed E-state index contributed by atoms with van der Waals surface area (Å²) in [6, 6.07) is 5.39. The van der Waals surface area contributed by atoms with Crippen molar-refractivity contribution in [3.63, 3.8) is 0 Å². The maximum absolute atomic E-state index is 13.2. The van der Waals surface area contributed by atoms with Crippen molar-refractivity contribution in [2.75, 3.05) is 19.7 Å². The van der Waals surface area contributed by atoms with Gasteiger partial charge in [0, 0.05) is 32.2 Å². The van der Waals surface area contributed by atoms with Gasteiger partial charge in [-0.1, -0.05) is 12.1 Å². The molecule has 1 spiro atoms. The Balaban J connectivity index is 1.61. The number of ether oxygens (including phenoxy) is 1. The number of rotatable bonds is 3. The molecule has 0 bridgehead atoms. The van der Waals surface area contributed by atoms with Crippen molar-refractivity contribution < 1.29 is 17.6 Å². The molecule has 2 aromatic rings. The molecule has 4 rings (SSSR count). The van der Waals surface area contributed by atoms with Crippen LogP contribution in [0.2, 0.25) is 0 Å². The minimum atomic E-state index is -3.55. The van der Waals surface area contributed by atoms with E-state index >= 15 is 0 Å². The third-order valence-electron chi connectivity index (χ3n) is 5.53. The lowest BCUT2D eigenvalue weighted by Crippen LogP contribution is -2.46. The molecule has 1 aromatic heterocycles. The Morgan fingerprint density at radius 2 is 1.92 bits per heavy atom. The van der Waals surface area contributed by atoms with E-state index in [-0.39, 0.29) is 5.60 Å². The number of hydrogen-bond acceptors (Lipinski definition) is 5. The van der Waals surface area contributed by atoms with E-state index in [0.717, 1.165) is 43.4 Å². The average molecular weight is 376 g/mol. The molecule has 0 aliphatic carbocycles. The van der Waals surface area contributed by atoms with Gasteiger partial charge in [-0.15, -0.1) is 0 Å². The summed E-state index contributed by atoms with van der Waals surface area (Å²) in [5.41, 5.74) is 1.37. The Bertz CT molecular complexity index is 903. The quantitative estimate of drug-likeness (QED) is 0.822. The average Bonchev–Trinajstić information content (AvgIpc) is 3.25. The Morgan fingerprint density at radius 1 is 1.15 bits per heavy atom. The van der Waals surface area contributed by atoms with Gasteiger partial charge in [0.25, 0.3) is 0 Å². The molecule has 2 saturated heterocycles. The van der Waals surface area contributed by atoms with Gasteiger partial charge in [0.15, 0.2) is 11.7 Å². The molecular weight excluding hydrogens is 352 g/mol. The molecule has 0 radical (unpaired) electrons. The highest BCUT2D eigenvalue weighted by atomic mass is 32.2. The molecule has 6 nitrogen and oxygen atoms in total. The van der Waals surface area contributed by atoms with Crippen molar-refractivity contribution in [1.29, 1.82) is 0 Å². The fraction of sp³-hybridized carbons (Fsp3) is 0.526. The van der Waals surface area contributed by atoms with Crippen LogP contribution in [0.1, 0.15) is 37.1 Å². The van der Waals surface area contributed by atoms with Gasteiger partial charge in [0.1, 0.15) is 0 Å². The Labute approximate surface area is 154 Å². The van der Waals surface area contributed by atoms with Crippen LogP contribution in [-0.4, -0.2) is 43.0 Å². The summed E-state index contributed by atoms with van der Waals surface area (Å²) in [5.74, 6) is 1.14. The maximum atomic E-state index is 13.2. The third-order valence-corrected chi connectivity index (χ3v) is 7.57. The summed E-state index contributed by atoms with van der Waals surface area (Å²) in [4.78, 5) is 4.44. The van der Waals surface area contributed by atoms with Crippen LogP contribution in [-0.2, 0) is 14.8 Å². The van der Waals surface area contributed by atoms with Crippen LogP contribution in [0.15, 0.2) is 33.7 Å².